The zero-order valence-electron chi connectivity index (χ0n) is 9.51. The quantitative estimate of drug-likeness (QED) is 0.839. The molecule has 0 amide bonds. The first-order chi connectivity index (χ1) is 6.93. The molecule has 0 aliphatic heterocycles. The van der Waals surface area contributed by atoms with Gasteiger partial charge in [0.25, 0.3) is 0 Å². The first kappa shape index (κ1) is 12.1. The van der Waals surface area contributed by atoms with Gasteiger partial charge in [-0.1, -0.05) is 13.8 Å². The second-order valence-corrected chi connectivity index (χ2v) is 3.91. The smallest absolute Gasteiger partial charge is 0.310 e. The molecular weight excluding hydrogens is 200 g/mol. The molecule has 1 aromatic heterocycles. The number of hydrogen-bond donors (Lipinski definition) is 1. The van der Waals surface area contributed by atoms with Gasteiger partial charge in [0.05, 0.1) is 5.69 Å². The van der Waals surface area contributed by atoms with Crippen LogP contribution in [0.25, 0.3) is 0 Å². The van der Waals surface area contributed by atoms with Crippen LogP contribution in [-0.2, 0) is 6.54 Å². The zero-order valence-corrected chi connectivity index (χ0v) is 9.51. The van der Waals surface area contributed by atoms with E-state index >= 15 is 0 Å². The predicted octanol–water partition coefficient (Wildman–Crippen LogP) is 2.39. The SMILES string of the molecule is Cc1nn(C(F)F)c(C)c1CNC(C)C. The van der Waals surface area contributed by atoms with E-state index in [0.29, 0.717) is 24.0 Å². The molecule has 0 aliphatic carbocycles. The first-order valence-corrected chi connectivity index (χ1v) is 4.99. The summed E-state index contributed by atoms with van der Waals surface area (Å²) < 4.78 is 25.8. The van der Waals surface area contributed by atoms with Gasteiger partial charge in [-0.25, -0.2) is 4.68 Å². The van der Waals surface area contributed by atoms with Crippen molar-refractivity contribution in [1.82, 2.24) is 15.1 Å². The van der Waals surface area contributed by atoms with Crippen molar-refractivity contribution >= 4 is 0 Å². The Bertz CT molecular complexity index is 332. The number of aryl methyl sites for hydroxylation is 1. The lowest BCUT2D eigenvalue weighted by molar-refractivity contribution is 0.0540. The van der Waals surface area contributed by atoms with Crippen molar-refractivity contribution in [3.63, 3.8) is 0 Å². The van der Waals surface area contributed by atoms with E-state index in [1.807, 2.05) is 13.8 Å². The maximum atomic E-state index is 12.5. The van der Waals surface area contributed by atoms with Crippen LogP contribution < -0.4 is 5.32 Å². The minimum absolute atomic E-state index is 0.332. The van der Waals surface area contributed by atoms with Crippen molar-refractivity contribution in [2.45, 2.75) is 46.8 Å². The lowest BCUT2D eigenvalue weighted by Crippen LogP contribution is -2.22. The molecule has 0 saturated carbocycles. The first-order valence-electron chi connectivity index (χ1n) is 4.99. The Balaban J connectivity index is 2.88. The highest BCUT2D eigenvalue weighted by Crippen LogP contribution is 2.18. The van der Waals surface area contributed by atoms with Crippen molar-refractivity contribution in [3.8, 4) is 0 Å². The molecule has 0 bridgehead atoms. The van der Waals surface area contributed by atoms with Gasteiger partial charge < -0.3 is 5.32 Å². The number of nitrogens with one attached hydrogen (secondary N) is 1. The van der Waals surface area contributed by atoms with Gasteiger partial charge in [0.15, 0.2) is 0 Å². The van der Waals surface area contributed by atoms with Crippen LogP contribution in [0.15, 0.2) is 0 Å². The standard InChI is InChI=1S/C10H17F2N3/c1-6(2)13-5-9-7(3)14-15(8(9)4)10(11)12/h6,10,13H,5H2,1-4H3. The van der Waals surface area contributed by atoms with Gasteiger partial charge in [-0.15, -0.1) is 0 Å². The topological polar surface area (TPSA) is 29.9 Å². The number of rotatable bonds is 4. The van der Waals surface area contributed by atoms with E-state index in [4.69, 9.17) is 0 Å². The Kier molecular flexibility index (Phi) is 3.79. The molecule has 3 nitrogen and oxygen atoms in total. The van der Waals surface area contributed by atoms with Crippen molar-refractivity contribution in [1.29, 1.82) is 0 Å². The van der Waals surface area contributed by atoms with Gasteiger partial charge in [-0.2, -0.15) is 13.9 Å². The van der Waals surface area contributed by atoms with Gasteiger partial charge in [0, 0.05) is 23.8 Å². The molecule has 0 aromatic carbocycles. The molecule has 1 aromatic rings. The molecule has 1 rings (SSSR count). The van der Waals surface area contributed by atoms with E-state index in [9.17, 15) is 8.78 Å². The number of halogens is 2. The molecule has 0 aliphatic rings. The minimum Gasteiger partial charge on any atom is -0.310 e. The Morgan fingerprint density at radius 2 is 1.93 bits per heavy atom. The Hall–Kier alpha value is -0.970. The molecule has 0 unspecified atom stereocenters. The normalized spacial score (nSPS) is 11.7. The Morgan fingerprint density at radius 3 is 2.33 bits per heavy atom. The lowest BCUT2D eigenvalue weighted by Gasteiger charge is -2.08. The average molecular weight is 217 g/mol. The molecule has 86 valence electrons. The number of nitrogens with zero attached hydrogens (tertiary/aromatic N) is 2. The molecule has 0 atom stereocenters. The average Bonchev–Trinajstić information content (AvgIpc) is 2.39. The Morgan fingerprint density at radius 1 is 1.33 bits per heavy atom. The highest BCUT2D eigenvalue weighted by molar-refractivity contribution is 5.24. The highest BCUT2D eigenvalue weighted by atomic mass is 19.3. The summed E-state index contributed by atoms with van der Waals surface area (Å²) in [5.41, 5.74) is 2.07. The number of hydrogen-bond acceptors (Lipinski definition) is 2. The fourth-order valence-corrected chi connectivity index (χ4v) is 1.45. The number of alkyl halides is 2. The molecule has 1 heterocycles. The third kappa shape index (κ3) is 2.75. The van der Waals surface area contributed by atoms with Crippen molar-refractivity contribution < 1.29 is 8.78 Å². The van der Waals surface area contributed by atoms with Crippen LogP contribution >= 0.6 is 0 Å². The van der Waals surface area contributed by atoms with Crippen LogP contribution in [0.2, 0.25) is 0 Å². The summed E-state index contributed by atoms with van der Waals surface area (Å²) >= 11 is 0. The predicted molar refractivity (Wildman–Crippen MR) is 54.9 cm³/mol. The molecule has 1 N–H and O–H groups in total. The maximum absolute atomic E-state index is 12.5. The summed E-state index contributed by atoms with van der Waals surface area (Å²) in [5, 5.41) is 7.01. The van der Waals surface area contributed by atoms with Gasteiger partial charge in [-0.05, 0) is 13.8 Å². The van der Waals surface area contributed by atoms with E-state index < -0.39 is 6.55 Å². The lowest BCUT2D eigenvalue weighted by atomic mass is 10.2. The van der Waals surface area contributed by atoms with Crippen molar-refractivity contribution in [2.24, 2.45) is 0 Å². The summed E-state index contributed by atoms with van der Waals surface area (Å²) in [6.45, 7) is 5.48. The highest BCUT2D eigenvalue weighted by Gasteiger charge is 2.16. The van der Waals surface area contributed by atoms with Crippen molar-refractivity contribution in [3.05, 3.63) is 17.0 Å². The third-order valence-electron chi connectivity index (χ3n) is 2.35. The maximum Gasteiger partial charge on any atom is 0.333 e. The summed E-state index contributed by atoms with van der Waals surface area (Å²) in [6, 6.07) is 0.332. The van der Waals surface area contributed by atoms with E-state index in [2.05, 4.69) is 10.4 Å². The monoisotopic (exact) mass is 217 g/mol. The largest absolute Gasteiger partial charge is 0.333 e. The summed E-state index contributed by atoms with van der Waals surface area (Å²) in [6.07, 6.45) is 0. The summed E-state index contributed by atoms with van der Waals surface area (Å²) in [4.78, 5) is 0. The molecule has 0 spiro atoms. The summed E-state index contributed by atoms with van der Waals surface area (Å²) in [7, 11) is 0. The van der Waals surface area contributed by atoms with Crippen LogP contribution in [0.5, 0.6) is 0 Å². The van der Waals surface area contributed by atoms with Gasteiger partial charge in [-0.3, -0.25) is 0 Å². The van der Waals surface area contributed by atoms with E-state index in [-0.39, 0.29) is 0 Å². The van der Waals surface area contributed by atoms with E-state index in [1.165, 1.54) is 0 Å². The molecule has 0 saturated heterocycles. The zero-order chi connectivity index (χ0) is 11.6. The second kappa shape index (κ2) is 4.70. The summed E-state index contributed by atoms with van der Waals surface area (Å²) in [5.74, 6) is 0. The van der Waals surface area contributed by atoms with Gasteiger partial charge in [0.2, 0.25) is 0 Å². The van der Waals surface area contributed by atoms with E-state index in [0.717, 1.165) is 10.2 Å². The van der Waals surface area contributed by atoms with Crippen LogP contribution in [0.1, 0.15) is 37.3 Å². The van der Waals surface area contributed by atoms with Crippen LogP contribution in [0.3, 0.4) is 0 Å². The molecular formula is C10H17F2N3. The third-order valence-corrected chi connectivity index (χ3v) is 2.35. The minimum atomic E-state index is -2.56. The molecule has 15 heavy (non-hydrogen) atoms. The molecule has 0 radical (unpaired) electrons. The molecule has 5 heteroatoms. The second-order valence-electron chi connectivity index (χ2n) is 3.91. The van der Waals surface area contributed by atoms with Crippen molar-refractivity contribution in [2.75, 3.05) is 0 Å². The number of aromatic nitrogens is 2. The van der Waals surface area contributed by atoms with Gasteiger partial charge >= 0.3 is 6.55 Å². The van der Waals surface area contributed by atoms with Crippen LogP contribution in [-0.4, -0.2) is 15.8 Å². The van der Waals surface area contributed by atoms with E-state index in [1.54, 1.807) is 13.8 Å². The molecule has 0 fully saturated rings. The fourth-order valence-electron chi connectivity index (χ4n) is 1.45. The fraction of sp³-hybridized carbons (Fsp3) is 0.700. The van der Waals surface area contributed by atoms with Crippen LogP contribution in [0, 0.1) is 13.8 Å². The van der Waals surface area contributed by atoms with Gasteiger partial charge in [0.1, 0.15) is 0 Å². The Labute approximate surface area is 88.5 Å². The van der Waals surface area contributed by atoms with Crippen LogP contribution in [0.4, 0.5) is 8.78 Å².